The summed E-state index contributed by atoms with van der Waals surface area (Å²) in [6, 6.07) is 12.2. The zero-order valence-corrected chi connectivity index (χ0v) is 18.7. The van der Waals surface area contributed by atoms with E-state index in [4.69, 9.17) is 0 Å². The first-order valence-electron chi connectivity index (χ1n) is 8.88. The fourth-order valence-electron chi connectivity index (χ4n) is 3.03. The molecule has 1 aliphatic heterocycles. The van der Waals surface area contributed by atoms with Gasteiger partial charge < -0.3 is 15.1 Å². The molecule has 2 N–H and O–H groups in total. The molecule has 150 valence electrons. The van der Waals surface area contributed by atoms with E-state index in [1.807, 2.05) is 36.2 Å². The Hall–Kier alpha value is -1.69. The van der Waals surface area contributed by atoms with E-state index >= 15 is 0 Å². The lowest BCUT2D eigenvalue weighted by molar-refractivity contribution is 0.102. The molecule has 2 aromatic carbocycles. The number of halogens is 1. The first-order chi connectivity index (χ1) is 13.3. The van der Waals surface area contributed by atoms with Gasteiger partial charge in [-0.05, 0) is 79.2 Å². The average molecular weight is 514 g/mol. The zero-order valence-electron chi connectivity index (χ0n) is 15.8. The monoisotopic (exact) mass is 514 g/mol. The van der Waals surface area contributed by atoms with Crippen LogP contribution in [-0.4, -0.2) is 59.5 Å². The molecule has 9 heteroatoms. The number of hydrogen-bond acceptors (Lipinski definition) is 5. The second-order valence-corrected chi connectivity index (χ2v) is 9.74. The third-order valence-corrected chi connectivity index (χ3v) is 6.89. The standard InChI is InChI=1S/C19H23IN4O3S/c1-21-28(26,27)18-13-14(19(25)22-16-6-4-15(20)5-7-16)3-8-17(18)24-11-9-23(2)10-12-24/h3-8,13,21H,9-12H2,1-2H3,(H,22,25). The van der Waals surface area contributed by atoms with Gasteiger partial charge in [0.25, 0.3) is 5.91 Å². The first kappa shape index (κ1) is 21.0. The van der Waals surface area contributed by atoms with Crippen molar-refractivity contribution in [2.45, 2.75) is 4.90 Å². The van der Waals surface area contributed by atoms with Gasteiger partial charge in [-0.3, -0.25) is 4.79 Å². The fourth-order valence-corrected chi connectivity index (χ4v) is 4.36. The van der Waals surface area contributed by atoms with Crippen LogP contribution in [0.5, 0.6) is 0 Å². The molecule has 0 unspecified atom stereocenters. The lowest BCUT2D eigenvalue weighted by Gasteiger charge is -2.35. The van der Waals surface area contributed by atoms with Crippen LogP contribution in [0.25, 0.3) is 0 Å². The molecule has 1 fully saturated rings. The number of benzene rings is 2. The predicted molar refractivity (Wildman–Crippen MR) is 120 cm³/mol. The normalized spacial score (nSPS) is 15.5. The van der Waals surface area contributed by atoms with Gasteiger partial charge in [0.1, 0.15) is 4.90 Å². The summed E-state index contributed by atoms with van der Waals surface area (Å²) in [5, 5.41) is 2.81. The van der Waals surface area contributed by atoms with Crippen LogP contribution >= 0.6 is 22.6 Å². The Balaban J connectivity index is 1.92. The van der Waals surface area contributed by atoms with E-state index in [2.05, 4.69) is 37.5 Å². The highest BCUT2D eigenvalue weighted by molar-refractivity contribution is 14.1. The highest BCUT2D eigenvalue weighted by Gasteiger charge is 2.24. The number of amides is 1. The van der Waals surface area contributed by atoms with Crippen LogP contribution in [0.1, 0.15) is 10.4 Å². The van der Waals surface area contributed by atoms with E-state index in [1.54, 1.807) is 12.1 Å². The van der Waals surface area contributed by atoms with Crippen molar-refractivity contribution >= 4 is 49.9 Å². The SMILES string of the molecule is CNS(=O)(=O)c1cc(C(=O)Nc2ccc(I)cc2)ccc1N1CCN(C)CC1. The lowest BCUT2D eigenvalue weighted by atomic mass is 10.1. The van der Waals surface area contributed by atoms with Crippen molar-refractivity contribution in [3.63, 3.8) is 0 Å². The van der Waals surface area contributed by atoms with E-state index < -0.39 is 10.0 Å². The van der Waals surface area contributed by atoms with Crippen LogP contribution in [0.2, 0.25) is 0 Å². The summed E-state index contributed by atoms with van der Waals surface area (Å²) in [5.74, 6) is -0.348. The third-order valence-electron chi connectivity index (χ3n) is 4.73. The number of rotatable bonds is 5. The molecule has 28 heavy (non-hydrogen) atoms. The van der Waals surface area contributed by atoms with Gasteiger partial charge in [0.15, 0.2) is 0 Å². The number of carbonyl (C=O) groups excluding carboxylic acids is 1. The van der Waals surface area contributed by atoms with E-state index in [1.165, 1.54) is 13.1 Å². The van der Waals surface area contributed by atoms with Crippen molar-refractivity contribution in [1.29, 1.82) is 0 Å². The zero-order chi connectivity index (χ0) is 20.3. The van der Waals surface area contributed by atoms with Crippen LogP contribution < -0.4 is 14.9 Å². The van der Waals surface area contributed by atoms with Gasteiger partial charge in [0.2, 0.25) is 10.0 Å². The van der Waals surface area contributed by atoms with Crippen LogP contribution in [0, 0.1) is 3.57 Å². The topological polar surface area (TPSA) is 81.7 Å². The molecule has 3 rings (SSSR count). The van der Waals surface area contributed by atoms with Crippen molar-refractivity contribution in [1.82, 2.24) is 9.62 Å². The molecular weight excluding hydrogens is 491 g/mol. The molecule has 0 bridgehead atoms. The van der Waals surface area contributed by atoms with Crippen molar-refractivity contribution in [2.24, 2.45) is 0 Å². The molecule has 0 aromatic heterocycles. The number of carbonyl (C=O) groups is 1. The summed E-state index contributed by atoms with van der Waals surface area (Å²) in [6.07, 6.45) is 0. The van der Waals surface area contributed by atoms with Gasteiger partial charge in [0, 0.05) is 41.0 Å². The van der Waals surface area contributed by atoms with Gasteiger partial charge in [-0.15, -0.1) is 0 Å². The molecule has 1 amide bonds. The summed E-state index contributed by atoms with van der Waals surface area (Å²) in [4.78, 5) is 17.0. The summed E-state index contributed by atoms with van der Waals surface area (Å²) >= 11 is 2.19. The van der Waals surface area contributed by atoms with Crippen molar-refractivity contribution in [3.8, 4) is 0 Å². The van der Waals surface area contributed by atoms with E-state index in [9.17, 15) is 13.2 Å². The second-order valence-electron chi connectivity index (χ2n) is 6.64. The van der Waals surface area contributed by atoms with Crippen LogP contribution in [0.15, 0.2) is 47.4 Å². The summed E-state index contributed by atoms with van der Waals surface area (Å²) in [6.45, 7) is 3.18. The average Bonchev–Trinajstić information content (AvgIpc) is 2.70. The summed E-state index contributed by atoms with van der Waals surface area (Å²) < 4.78 is 28.7. The second kappa shape index (κ2) is 8.76. The van der Waals surface area contributed by atoms with Gasteiger partial charge in [-0.25, -0.2) is 13.1 Å². The molecule has 0 spiro atoms. The van der Waals surface area contributed by atoms with Gasteiger partial charge in [0.05, 0.1) is 5.69 Å². The smallest absolute Gasteiger partial charge is 0.255 e. The number of sulfonamides is 1. The van der Waals surface area contributed by atoms with E-state index in [-0.39, 0.29) is 10.8 Å². The Bertz CT molecular complexity index is 956. The molecule has 0 atom stereocenters. The number of anilines is 2. The van der Waals surface area contributed by atoms with Crippen molar-refractivity contribution < 1.29 is 13.2 Å². The van der Waals surface area contributed by atoms with Gasteiger partial charge >= 0.3 is 0 Å². The fraction of sp³-hybridized carbons (Fsp3) is 0.316. The summed E-state index contributed by atoms with van der Waals surface area (Å²) in [5.41, 5.74) is 1.57. The molecule has 0 saturated carbocycles. The first-order valence-corrected chi connectivity index (χ1v) is 11.4. The van der Waals surface area contributed by atoms with E-state index in [0.29, 0.717) is 16.9 Å². The molecule has 1 saturated heterocycles. The Kier molecular flexibility index (Phi) is 6.58. The minimum absolute atomic E-state index is 0.120. The third kappa shape index (κ3) is 4.83. The molecule has 0 radical (unpaired) electrons. The molecule has 0 aliphatic carbocycles. The van der Waals surface area contributed by atoms with Crippen LogP contribution in [-0.2, 0) is 10.0 Å². The van der Waals surface area contributed by atoms with Gasteiger partial charge in [-0.1, -0.05) is 0 Å². The number of hydrogen-bond donors (Lipinski definition) is 2. The highest BCUT2D eigenvalue weighted by atomic mass is 127. The number of nitrogens with zero attached hydrogens (tertiary/aromatic N) is 2. The molecule has 2 aromatic rings. The predicted octanol–water partition coefficient (Wildman–Crippen LogP) is 2.20. The molecule has 7 nitrogen and oxygen atoms in total. The Labute approximate surface area is 179 Å². The number of piperazine rings is 1. The lowest BCUT2D eigenvalue weighted by Crippen LogP contribution is -2.45. The highest BCUT2D eigenvalue weighted by Crippen LogP contribution is 2.28. The Morgan fingerprint density at radius 1 is 1.04 bits per heavy atom. The molecule has 1 heterocycles. The molecule has 1 aliphatic rings. The van der Waals surface area contributed by atoms with E-state index in [0.717, 1.165) is 29.7 Å². The maximum atomic E-state index is 12.6. The largest absolute Gasteiger partial charge is 0.368 e. The molecular formula is C19H23IN4O3S. The summed E-state index contributed by atoms with van der Waals surface area (Å²) in [7, 11) is -0.294. The van der Waals surface area contributed by atoms with Crippen LogP contribution in [0.3, 0.4) is 0 Å². The van der Waals surface area contributed by atoms with Crippen LogP contribution in [0.4, 0.5) is 11.4 Å². The quantitative estimate of drug-likeness (QED) is 0.599. The van der Waals surface area contributed by atoms with Crippen molar-refractivity contribution in [3.05, 3.63) is 51.6 Å². The Morgan fingerprint density at radius 2 is 1.68 bits per heavy atom. The Morgan fingerprint density at radius 3 is 2.29 bits per heavy atom. The minimum Gasteiger partial charge on any atom is -0.368 e. The maximum absolute atomic E-state index is 12.6. The minimum atomic E-state index is -3.71. The maximum Gasteiger partial charge on any atom is 0.255 e. The van der Waals surface area contributed by atoms with Gasteiger partial charge in [-0.2, -0.15) is 0 Å². The van der Waals surface area contributed by atoms with Crippen molar-refractivity contribution in [2.75, 3.05) is 50.5 Å². The number of likely N-dealkylation sites (N-methyl/N-ethyl adjacent to an activating group) is 1. The number of nitrogens with one attached hydrogen (secondary N) is 2.